The van der Waals surface area contributed by atoms with E-state index >= 15 is 0 Å². The van der Waals surface area contributed by atoms with Crippen LogP contribution in [-0.4, -0.2) is 51.3 Å². The van der Waals surface area contributed by atoms with E-state index in [1.54, 1.807) is 24.8 Å². The van der Waals surface area contributed by atoms with Crippen molar-refractivity contribution in [3.8, 4) is 0 Å². The van der Waals surface area contributed by atoms with E-state index in [9.17, 15) is 9.59 Å². The van der Waals surface area contributed by atoms with Gasteiger partial charge in [0.2, 0.25) is 5.91 Å². The summed E-state index contributed by atoms with van der Waals surface area (Å²) in [5.41, 5.74) is 2.80. The zero-order valence-electron chi connectivity index (χ0n) is 16.8. The van der Waals surface area contributed by atoms with Crippen molar-refractivity contribution >= 4 is 22.7 Å². The number of hydrogen-bond donors (Lipinski definition) is 2. The van der Waals surface area contributed by atoms with Crippen LogP contribution in [0.3, 0.4) is 0 Å². The zero-order valence-corrected chi connectivity index (χ0v) is 16.8. The molecule has 1 saturated heterocycles. The van der Waals surface area contributed by atoms with E-state index in [-0.39, 0.29) is 11.8 Å². The number of nitrogens with one attached hydrogen (secondary N) is 2. The van der Waals surface area contributed by atoms with E-state index < -0.39 is 0 Å². The van der Waals surface area contributed by atoms with Gasteiger partial charge in [-0.3, -0.25) is 19.6 Å². The number of amides is 2. The molecule has 7 nitrogen and oxygen atoms in total. The molecule has 1 atom stereocenters. The molecule has 0 bridgehead atoms. The van der Waals surface area contributed by atoms with Gasteiger partial charge in [0, 0.05) is 55.3 Å². The van der Waals surface area contributed by atoms with Gasteiger partial charge in [-0.1, -0.05) is 0 Å². The molecule has 7 heteroatoms. The van der Waals surface area contributed by atoms with Crippen molar-refractivity contribution in [3.05, 3.63) is 60.3 Å². The lowest BCUT2D eigenvalue weighted by Crippen LogP contribution is -2.41. The second kappa shape index (κ2) is 7.55. The highest BCUT2D eigenvalue weighted by atomic mass is 16.2. The van der Waals surface area contributed by atoms with E-state index in [4.69, 9.17) is 0 Å². The molecule has 3 aromatic heterocycles. The molecule has 2 aliphatic rings. The quantitative estimate of drug-likeness (QED) is 0.685. The molecular weight excluding hydrogens is 378 g/mol. The first kappa shape index (κ1) is 18.8. The maximum Gasteiger partial charge on any atom is 0.267 e. The number of likely N-dealkylation sites (tertiary alicyclic amines) is 1. The average molecular weight is 403 g/mol. The number of nitrogens with zero attached hydrogens (tertiary/aromatic N) is 3. The summed E-state index contributed by atoms with van der Waals surface area (Å²) < 4.78 is 0. The number of H-pyrrole nitrogens is 1. The van der Waals surface area contributed by atoms with Crippen LogP contribution in [-0.2, 0) is 11.2 Å². The number of rotatable bonds is 5. The number of hydrogen-bond acceptors (Lipinski definition) is 4. The minimum Gasteiger partial charge on any atom is -0.350 e. The predicted octanol–water partition coefficient (Wildman–Crippen LogP) is 2.56. The molecular formula is C23H25N5O2. The third-order valence-corrected chi connectivity index (χ3v) is 6.75. The molecule has 3 aromatic rings. The van der Waals surface area contributed by atoms with Crippen LogP contribution in [0.1, 0.15) is 35.3 Å². The van der Waals surface area contributed by atoms with Gasteiger partial charge >= 0.3 is 0 Å². The number of aromatic nitrogens is 3. The lowest BCUT2D eigenvalue weighted by Gasteiger charge is -2.33. The van der Waals surface area contributed by atoms with Crippen molar-refractivity contribution < 1.29 is 9.59 Å². The Morgan fingerprint density at radius 2 is 1.90 bits per heavy atom. The summed E-state index contributed by atoms with van der Waals surface area (Å²) in [6.45, 7) is 2.31. The van der Waals surface area contributed by atoms with Crippen molar-refractivity contribution in [2.24, 2.45) is 11.3 Å². The van der Waals surface area contributed by atoms with Crippen molar-refractivity contribution in [1.82, 2.24) is 25.2 Å². The minimum atomic E-state index is -0.0711. The summed E-state index contributed by atoms with van der Waals surface area (Å²) in [4.78, 5) is 38.3. The van der Waals surface area contributed by atoms with Crippen LogP contribution >= 0.6 is 0 Å². The van der Waals surface area contributed by atoms with Crippen molar-refractivity contribution in [1.29, 1.82) is 0 Å². The van der Waals surface area contributed by atoms with Crippen LogP contribution in [0.5, 0.6) is 0 Å². The molecule has 0 aromatic carbocycles. The van der Waals surface area contributed by atoms with E-state index in [0.29, 0.717) is 30.0 Å². The summed E-state index contributed by atoms with van der Waals surface area (Å²) in [5, 5.41) is 4.02. The molecule has 30 heavy (non-hydrogen) atoms. The van der Waals surface area contributed by atoms with Gasteiger partial charge in [0.1, 0.15) is 5.69 Å². The first-order valence-electron chi connectivity index (χ1n) is 10.5. The fraction of sp³-hybridized carbons (Fsp3) is 0.391. The highest BCUT2D eigenvalue weighted by Crippen LogP contribution is 2.59. The number of aromatic amines is 1. The normalized spacial score (nSPS) is 19.7. The molecule has 0 radical (unpaired) electrons. The first-order valence-corrected chi connectivity index (χ1v) is 10.5. The first-order chi connectivity index (χ1) is 14.6. The summed E-state index contributed by atoms with van der Waals surface area (Å²) in [7, 11) is 0. The average Bonchev–Trinajstić information content (AvgIpc) is 3.25. The molecule has 2 fully saturated rings. The Balaban J connectivity index is 1.10. The lowest BCUT2D eigenvalue weighted by molar-refractivity contribution is -0.132. The van der Waals surface area contributed by atoms with E-state index in [1.165, 1.54) is 0 Å². The Morgan fingerprint density at radius 1 is 1.13 bits per heavy atom. The minimum absolute atomic E-state index is 0.0711. The third kappa shape index (κ3) is 3.67. The topological polar surface area (TPSA) is 91.0 Å². The van der Waals surface area contributed by atoms with Crippen LogP contribution in [0.4, 0.5) is 0 Å². The Bertz CT molecular complexity index is 1040. The van der Waals surface area contributed by atoms with Crippen LogP contribution in [0.25, 0.3) is 10.9 Å². The van der Waals surface area contributed by atoms with Crippen LogP contribution in [0.2, 0.25) is 0 Å². The molecule has 4 heterocycles. The lowest BCUT2D eigenvalue weighted by atomic mass is 9.90. The van der Waals surface area contributed by atoms with Crippen molar-refractivity contribution in [3.63, 3.8) is 0 Å². The summed E-state index contributed by atoms with van der Waals surface area (Å²) in [6.07, 6.45) is 10.5. The Hall–Kier alpha value is -3.22. The molecule has 154 valence electrons. The highest BCUT2D eigenvalue weighted by molar-refractivity contribution is 5.97. The number of fused-ring (bicyclic) bond motifs is 1. The fourth-order valence-electron chi connectivity index (χ4n) is 4.73. The zero-order chi connectivity index (χ0) is 20.6. The van der Waals surface area contributed by atoms with Gasteiger partial charge in [-0.2, -0.15) is 0 Å². The van der Waals surface area contributed by atoms with E-state index in [0.717, 1.165) is 48.8 Å². The highest BCUT2D eigenvalue weighted by Gasteiger charge is 2.54. The third-order valence-electron chi connectivity index (χ3n) is 6.75. The smallest absolute Gasteiger partial charge is 0.267 e. The standard InChI is InChI=1S/C23H25N5O2/c29-21(11-16-1-6-24-7-2-16)28-9-4-23(5-10-28)13-18(23)15-26-22(30)20-12-17-14-25-8-3-19(17)27-20/h1-3,6-8,12,14,18,27H,4-5,9-11,13,15H2,(H,26,30). The molecule has 5 rings (SSSR count). The van der Waals surface area contributed by atoms with Gasteiger partial charge in [0.25, 0.3) is 5.91 Å². The summed E-state index contributed by atoms with van der Waals surface area (Å²) in [6, 6.07) is 7.50. The molecule has 1 aliphatic heterocycles. The summed E-state index contributed by atoms with van der Waals surface area (Å²) in [5.74, 6) is 0.623. The van der Waals surface area contributed by atoms with Crippen molar-refractivity contribution in [2.75, 3.05) is 19.6 Å². The van der Waals surface area contributed by atoms with E-state index in [2.05, 4.69) is 20.3 Å². The van der Waals surface area contributed by atoms with Crippen LogP contribution in [0, 0.1) is 11.3 Å². The monoisotopic (exact) mass is 403 g/mol. The SMILES string of the molecule is O=C(NCC1CC12CCN(C(=O)Cc1ccncc1)CC2)c1cc2cnccc2[nH]1. The van der Waals surface area contributed by atoms with E-state index in [1.807, 2.05) is 29.2 Å². The van der Waals surface area contributed by atoms with Gasteiger partial charge in [-0.05, 0) is 60.4 Å². The maximum atomic E-state index is 12.6. The van der Waals surface area contributed by atoms with Crippen LogP contribution in [0.15, 0.2) is 49.1 Å². The van der Waals surface area contributed by atoms with Gasteiger partial charge in [0.15, 0.2) is 0 Å². The maximum absolute atomic E-state index is 12.6. The molecule has 2 N–H and O–H groups in total. The van der Waals surface area contributed by atoms with Gasteiger partial charge in [0.05, 0.1) is 6.42 Å². The molecule has 1 saturated carbocycles. The largest absolute Gasteiger partial charge is 0.350 e. The van der Waals surface area contributed by atoms with Crippen LogP contribution < -0.4 is 5.32 Å². The fourth-order valence-corrected chi connectivity index (χ4v) is 4.73. The predicted molar refractivity (Wildman–Crippen MR) is 113 cm³/mol. The second-order valence-electron chi connectivity index (χ2n) is 8.53. The molecule has 2 amide bonds. The number of carbonyl (C=O) groups is 2. The van der Waals surface area contributed by atoms with Gasteiger partial charge in [-0.15, -0.1) is 0 Å². The number of piperidine rings is 1. The number of carbonyl (C=O) groups excluding carboxylic acids is 2. The van der Waals surface area contributed by atoms with Crippen molar-refractivity contribution in [2.45, 2.75) is 25.7 Å². The second-order valence-corrected chi connectivity index (χ2v) is 8.53. The van der Waals surface area contributed by atoms with Gasteiger partial charge < -0.3 is 15.2 Å². The Kier molecular flexibility index (Phi) is 4.73. The molecule has 1 unspecified atom stereocenters. The number of pyridine rings is 2. The van der Waals surface area contributed by atoms with Gasteiger partial charge in [-0.25, -0.2) is 0 Å². The summed E-state index contributed by atoms with van der Waals surface area (Å²) >= 11 is 0. The Morgan fingerprint density at radius 3 is 2.67 bits per heavy atom. The molecule has 1 spiro atoms. The molecule has 1 aliphatic carbocycles. The Labute approximate surface area is 174 Å².